The Morgan fingerprint density at radius 2 is 2.05 bits per heavy atom. The van der Waals surface area contributed by atoms with Crippen molar-refractivity contribution >= 4 is 40.7 Å². The SMILES string of the molecule is CC1(C)OC(=O)c2cc(Nc3nc(Cl)ncc3Cl)ccc21. The van der Waals surface area contributed by atoms with Crippen LogP contribution in [0.4, 0.5) is 11.5 Å². The Morgan fingerprint density at radius 3 is 2.81 bits per heavy atom. The first-order valence-electron chi connectivity index (χ1n) is 6.20. The molecule has 7 heteroatoms. The van der Waals surface area contributed by atoms with Crippen LogP contribution >= 0.6 is 23.2 Å². The predicted molar refractivity (Wildman–Crippen MR) is 80.2 cm³/mol. The lowest BCUT2D eigenvalue weighted by Crippen LogP contribution is -2.15. The topological polar surface area (TPSA) is 64.1 Å². The fourth-order valence-electron chi connectivity index (χ4n) is 2.23. The Morgan fingerprint density at radius 1 is 1.29 bits per heavy atom. The number of fused-ring (bicyclic) bond motifs is 1. The molecule has 2 heterocycles. The molecule has 1 aromatic carbocycles. The van der Waals surface area contributed by atoms with Crippen LogP contribution in [-0.2, 0) is 10.3 Å². The highest BCUT2D eigenvalue weighted by atomic mass is 35.5. The molecule has 2 aromatic rings. The van der Waals surface area contributed by atoms with Crippen molar-refractivity contribution in [3.63, 3.8) is 0 Å². The van der Waals surface area contributed by atoms with E-state index in [1.807, 2.05) is 26.0 Å². The molecule has 1 N–H and O–H groups in total. The van der Waals surface area contributed by atoms with Crippen LogP contribution in [0, 0.1) is 0 Å². The van der Waals surface area contributed by atoms with E-state index in [0.29, 0.717) is 22.1 Å². The summed E-state index contributed by atoms with van der Waals surface area (Å²) in [5.74, 6) is 0.0349. The summed E-state index contributed by atoms with van der Waals surface area (Å²) in [6.07, 6.45) is 1.41. The monoisotopic (exact) mass is 323 g/mol. The van der Waals surface area contributed by atoms with Gasteiger partial charge in [0.2, 0.25) is 5.28 Å². The summed E-state index contributed by atoms with van der Waals surface area (Å²) in [6.45, 7) is 3.70. The lowest BCUT2D eigenvalue weighted by Gasteiger charge is -2.17. The number of rotatable bonds is 2. The second-order valence-corrected chi connectivity index (χ2v) is 5.87. The van der Waals surface area contributed by atoms with Gasteiger partial charge >= 0.3 is 5.97 Å². The van der Waals surface area contributed by atoms with E-state index in [-0.39, 0.29) is 11.3 Å². The largest absolute Gasteiger partial charge is 0.451 e. The van der Waals surface area contributed by atoms with Crippen molar-refractivity contribution in [2.75, 3.05) is 5.32 Å². The van der Waals surface area contributed by atoms with Crippen LogP contribution < -0.4 is 5.32 Å². The molecule has 0 atom stereocenters. The molecule has 0 aliphatic carbocycles. The highest BCUT2D eigenvalue weighted by Gasteiger charge is 2.37. The first-order chi connectivity index (χ1) is 9.87. The smallest absolute Gasteiger partial charge is 0.339 e. The molecule has 0 saturated heterocycles. The summed E-state index contributed by atoms with van der Waals surface area (Å²) in [6, 6.07) is 5.38. The van der Waals surface area contributed by atoms with E-state index >= 15 is 0 Å². The molecule has 0 radical (unpaired) electrons. The van der Waals surface area contributed by atoms with Gasteiger partial charge in [0.15, 0.2) is 5.82 Å². The highest BCUT2D eigenvalue weighted by molar-refractivity contribution is 6.33. The van der Waals surface area contributed by atoms with E-state index in [9.17, 15) is 4.79 Å². The highest BCUT2D eigenvalue weighted by Crippen LogP contribution is 2.37. The van der Waals surface area contributed by atoms with Crippen molar-refractivity contribution in [2.45, 2.75) is 19.4 Å². The molecule has 21 heavy (non-hydrogen) atoms. The van der Waals surface area contributed by atoms with Crippen LogP contribution in [0.15, 0.2) is 24.4 Å². The fourth-order valence-corrected chi connectivity index (χ4v) is 2.50. The number of hydrogen-bond donors (Lipinski definition) is 1. The van der Waals surface area contributed by atoms with E-state index in [2.05, 4.69) is 15.3 Å². The third kappa shape index (κ3) is 2.54. The molecule has 5 nitrogen and oxygen atoms in total. The van der Waals surface area contributed by atoms with Crippen molar-refractivity contribution in [3.8, 4) is 0 Å². The van der Waals surface area contributed by atoms with Gasteiger partial charge in [0.25, 0.3) is 0 Å². The lowest BCUT2D eigenvalue weighted by atomic mass is 9.96. The van der Waals surface area contributed by atoms with Crippen molar-refractivity contribution < 1.29 is 9.53 Å². The fraction of sp³-hybridized carbons (Fsp3) is 0.214. The Labute approximate surface area is 131 Å². The molecule has 3 rings (SSSR count). The Kier molecular flexibility index (Phi) is 3.26. The number of nitrogens with one attached hydrogen (secondary N) is 1. The molecule has 108 valence electrons. The zero-order valence-electron chi connectivity index (χ0n) is 11.3. The number of carbonyl (C=O) groups is 1. The summed E-state index contributed by atoms with van der Waals surface area (Å²) in [5.41, 5.74) is 1.44. The summed E-state index contributed by atoms with van der Waals surface area (Å²) in [7, 11) is 0. The van der Waals surface area contributed by atoms with Crippen LogP contribution in [-0.4, -0.2) is 15.9 Å². The number of benzene rings is 1. The molecular weight excluding hydrogens is 313 g/mol. The predicted octanol–water partition coefficient (Wildman–Crippen LogP) is 3.93. The molecule has 1 aliphatic heterocycles. The van der Waals surface area contributed by atoms with Crippen molar-refractivity contribution in [1.29, 1.82) is 0 Å². The van der Waals surface area contributed by atoms with Gasteiger partial charge in [-0.05, 0) is 37.6 Å². The minimum atomic E-state index is -0.610. The van der Waals surface area contributed by atoms with Crippen molar-refractivity contribution in [3.05, 3.63) is 45.8 Å². The van der Waals surface area contributed by atoms with Crippen molar-refractivity contribution in [2.24, 2.45) is 0 Å². The van der Waals surface area contributed by atoms with Gasteiger partial charge in [-0.2, -0.15) is 4.98 Å². The van der Waals surface area contributed by atoms with Crippen LogP contribution in [0.1, 0.15) is 29.8 Å². The van der Waals surface area contributed by atoms with E-state index in [1.54, 1.807) is 6.07 Å². The van der Waals surface area contributed by atoms with Gasteiger partial charge in [-0.15, -0.1) is 0 Å². The average Bonchev–Trinajstić information content (AvgIpc) is 2.64. The van der Waals surface area contributed by atoms with Gasteiger partial charge in [0, 0.05) is 11.3 Å². The number of esters is 1. The number of anilines is 2. The van der Waals surface area contributed by atoms with E-state index in [1.165, 1.54) is 6.20 Å². The number of cyclic esters (lactones) is 1. The number of aromatic nitrogens is 2. The molecule has 0 spiro atoms. The lowest BCUT2D eigenvalue weighted by molar-refractivity contribution is 0.00954. The summed E-state index contributed by atoms with van der Waals surface area (Å²) >= 11 is 11.7. The van der Waals surface area contributed by atoms with Crippen LogP contribution in [0.2, 0.25) is 10.3 Å². The molecule has 0 amide bonds. The van der Waals surface area contributed by atoms with Crippen molar-refractivity contribution in [1.82, 2.24) is 9.97 Å². The van der Waals surface area contributed by atoms with Gasteiger partial charge in [-0.1, -0.05) is 17.7 Å². The van der Waals surface area contributed by atoms with E-state index in [0.717, 1.165) is 5.56 Å². The molecule has 0 unspecified atom stereocenters. The molecule has 0 fully saturated rings. The first-order valence-corrected chi connectivity index (χ1v) is 6.95. The number of halogens is 2. The quantitative estimate of drug-likeness (QED) is 0.670. The first kappa shape index (κ1) is 14.1. The maximum Gasteiger partial charge on any atom is 0.339 e. The molecule has 0 saturated carbocycles. The normalized spacial score (nSPS) is 15.5. The third-order valence-corrected chi connectivity index (χ3v) is 3.67. The number of hydrogen-bond acceptors (Lipinski definition) is 5. The third-order valence-electron chi connectivity index (χ3n) is 3.21. The maximum absolute atomic E-state index is 11.9. The summed E-state index contributed by atoms with van der Waals surface area (Å²) in [5, 5.41) is 3.44. The zero-order valence-corrected chi connectivity index (χ0v) is 12.8. The number of carbonyl (C=O) groups excluding carboxylic acids is 1. The standard InChI is InChI=1S/C14H11Cl2N3O2/c1-14(2)9-4-3-7(5-8(9)12(20)21-14)18-11-10(15)6-17-13(16)19-11/h3-6H,1-2H3,(H,17,18,19). The van der Waals surface area contributed by atoms with Crippen LogP contribution in [0.5, 0.6) is 0 Å². The van der Waals surface area contributed by atoms with Gasteiger partial charge < -0.3 is 10.1 Å². The Bertz CT molecular complexity index is 747. The number of ether oxygens (including phenoxy) is 1. The van der Waals surface area contributed by atoms with Gasteiger partial charge in [0.1, 0.15) is 10.6 Å². The summed E-state index contributed by atoms with van der Waals surface area (Å²) in [4.78, 5) is 19.7. The second kappa shape index (κ2) is 4.86. The second-order valence-electron chi connectivity index (χ2n) is 5.12. The molecule has 1 aromatic heterocycles. The van der Waals surface area contributed by atoms with Crippen LogP contribution in [0.25, 0.3) is 0 Å². The van der Waals surface area contributed by atoms with Gasteiger partial charge in [0.05, 0.1) is 11.8 Å². The molecular formula is C14H11Cl2N3O2. The minimum Gasteiger partial charge on any atom is -0.451 e. The average molecular weight is 324 g/mol. The Balaban J connectivity index is 1.97. The molecule has 0 bridgehead atoms. The molecule has 1 aliphatic rings. The maximum atomic E-state index is 11.9. The van der Waals surface area contributed by atoms with Gasteiger partial charge in [-0.3, -0.25) is 0 Å². The van der Waals surface area contributed by atoms with Crippen LogP contribution in [0.3, 0.4) is 0 Å². The van der Waals surface area contributed by atoms with E-state index < -0.39 is 5.60 Å². The van der Waals surface area contributed by atoms with Gasteiger partial charge in [-0.25, -0.2) is 9.78 Å². The summed E-state index contributed by atoms with van der Waals surface area (Å²) < 4.78 is 5.33. The number of nitrogens with zero attached hydrogens (tertiary/aromatic N) is 2. The zero-order chi connectivity index (χ0) is 15.2. The Hall–Kier alpha value is -1.85. The van der Waals surface area contributed by atoms with E-state index in [4.69, 9.17) is 27.9 Å². The minimum absolute atomic E-state index is 0.0867.